The van der Waals surface area contributed by atoms with Crippen molar-refractivity contribution in [2.24, 2.45) is 5.73 Å². The number of rotatable bonds is 3. The molecule has 1 rings (SSSR count). The van der Waals surface area contributed by atoms with Crippen molar-refractivity contribution in [1.29, 1.82) is 0 Å². The van der Waals surface area contributed by atoms with Gasteiger partial charge >= 0.3 is 18.5 Å². The van der Waals surface area contributed by atoms with E-state index in [2.05, 4.69) is 10.5 Å². The quantitative estimate of drug-likeness (QED) is 0.811. The number of ether oxygens (including phenoxy) is 1. The van der Waals surface area contributed by atoms with Gasteiger partial charge in [-0.25, -0.2) is 4.39 Å². The van der Waals surface area contributed by atoms with Crippen molar-refractivity contribution >= 4 is 12.4 Å². The van der Waals surface area contributed by atoms with Crippen molar-refractivity contribution < 1.29 is 44.3 Å². The van der Waals surface area contributed by atoms with Crippen LogP contribution in [0.5, 0.6) is 5.75 Å². The van der Waals surface area contributed by atoms with Gasteiger partial charge in [0.2, 0.25) is 0 Å². The lowest BCUT2D eigenvalue weighted by molar-refractivity contribution is -0.291. The smallest absolute Gasteiger partial charge is 0.406 e. The van der Waals surface area contributed by atoms with Gasteiger partial charge in [-0.15, -0.1) is 25.6 Å². The Morgan fingerprint density at radius 3 is 1.86 bits per heavy atom. The second-order valence-electron chi connectivity index (χ2n) is 3.83. The molecule has 22 heavy (non-hydrogen) atoms. The van der Waals surface area contributed by atoms with Crippen LogP contribution in [0, 0.1) is 5.82 Å². The fourth-order valence-electron chi connectivity index (χ4n) is 1.33. The molecular weight excluding hydrogens is 357 g/mol. The zero-order valence-corrected chi connectivity index (χ0v) is 10.9. The van der Waals surface area contributed by atoms with Gasteiger partial charge in [-0.2, -0.15) is 22.0 Å². The summed E-state index contributed by atoms with van der Waals surface area (Å²) in [4.78, 5) is 0. The molecule has 0 unspecified atom stereocenters. The minimum absolute atomic E-state index is 0. The van der Waals surface area contributed by atoms with Crippen LogP contribution in [0.1, 0.15) is 11.6 Å². The Bertz CT molecular complexity index is 514. The number of hydrogen-bond donors (Lipinski definition) is 1. The molecule has 1 aromatic rings. The van der Waals surface area contributed by atoms with E-state index in [1.54, 1.807) is 0 Å². The summed E-state index contributed by atoms with van der Waals surface area (Å²) < 4.78 is 115. The molecule has 2 nitrogen and oxygen atoms in total. The zero-order valence-electron chi connectivity index (χ0n) is 10.1. The Kier molecular flexibility index (Phi) is 6.01. The molecule has 0 fully saturated rings. The van der Waals surface area contributed by atoms with Crippen molar-refractivity contribution in [1.82, 2.24) is 0 Å². The second-order valence-corrected chi connectivity index (χ2v) is 3.83. The van der Waals surface area contributed by atoms with Crippen molar-refractivity contribution in [3.05, 3.63) is 29.6 Å². The van der Waals surface area contributed by atoms with Crippen LogP contribution < -0.4 is 10.5 Å². The summed E-state index contributed by atoms with van der Waals surface area (Å²) in [6.45, 7) is 0. The third kappa shape index (κ3) is 4.57. The summed E-state index contributed by atoms with van der Waals surface area (Å²) in [5.41, 5.74) is 3.19. The van der Waals surface area contributed by atoms with E-state index < -0.39 is 41.6 Å². The lowest BCUT2D eigenvalue weighted by Gasteiger charge is -2.26. The van der Waals surface area contributed by atoms with Gasteiger partial charge in [0, 0.05) is 5.56 Å². The maximum absolute atomic E-state index is 13.3. The van der Waals surface area contributed by atoms with Crippen LogP contribution in [0.4, 0.5) is 39.5 Å². The molecule has 0 spiro atoms. The van der Waals surface area contributed by atoms with Crippen LogP contribution in [-0.4, -0.2) is 18.5 Å². The first-order valence-electron chi connectivity index (χ1n) is 5.01. The SMILES string of the molecule is Cl.N[C@H](c1cc(OC(F)(F)F)ccc1F)C(F)(F)C(F)(F)F. The molecule has 2 N–H and O–H groups in total. The zero-order chi connectivity index (χ0) is 16.6. The summed E-state index contributed by atoms with van der Waals surface area (Å²) >= 11 is 0. The van der Waals surface area contributed by atoms with Crippen LogP contribution in [0.25, 0.3) is 0 Å². The van der Waals surface area contributed by atoms with Gasteiger partial charge in [-0.3, -0.25) is 0 Å². The fourth-order valence-corrected chi connectivity index (χ4v) is 1.33. The summed E-state index contributed by atoms with van der Waals surface area (Å²) in [7, 11) is 0. The Labute approximate surface area is 123 Å². The molecule has 0 aliphatic heterocycles. The first-order valence-corrected chi connectivity index (χ1v) is 5.01. The normalized spacial score (nSPS) is 14.3. The van der Waals surface area contributed by atoms with E-state index in [1.165, 1.54) is 0 Å². The molecule has 0 aromatic heterocycles. The predicted octanol–water partition coefficient (Wildman–Crippen LogP) is 4.34. The minimum Gasteiger partial charge on any atom is -0.406 e. The molecule has 12 heteroatoms. The van der Waals surface area contributed by atoms with Crippen LogP contribution in [0.2, 0.25) is 0 Å². The standard InChI is InChI=1S/C10H6F9NO.ClH/c11-6-2-1-4(21-10(17,18)19)3-5(6)7(20)8(12,13)9(14,15)16;/h1-3,7H,20H2;1H/t7-;/m1./s1. The number of hydrogen-bond acceptors (Lipinski definition) is 2. The van der Waals surface area contributed by atoms with Gasteiger partial charge in [-0.1, -0.05) is 0 Å². The van der Waals surface area contributed by atoms with E-state index in [1.807, 2.05) is 0 Å². The summed E-state index contributed by atoms with van der Waals surface area (Å²) in [6, 6.07) is -2.55. The molecule has 1 aromatic carbocycles. The molecule has 0 saturated carbocycles. The number of alkyl halides is 8. The summed E-state index contributed by atoms with van der Waals surface area (Å²) in [6.07, 6.45) is -11.3. The van der Waals surface area contributed by atoms with E-state index >= 15 is 0 Å². The van der Waals surface area contributed by atoms with E-state index in [9.17, 15) is 39.5 Å². The molecule has 0 bridgehead atoms. The van der Waals surface area contributed by atoms with Gasteiger partial charge in [0.25, 0.3) is 0 Å². The van der Waals surface area contributed by atoms with Crippen LogP contribution in [0.3, 0.4) is 0 Å². The summed E-state index contributed by atoms with van der Waals surface area (Å²) in [5.74, 6) is -8.33. The number of halogens is 10. The lowest BCUT2D eigenvalue weighted by atomic mass is 10.00. The molecule has 0 heterocycles. The lowest BCUT2D eigenvalue weighted by Crippen LogP contribution is -2.46. The van der Waals surface area contributed by atoms with E-state index in [0.717, 1.165) is 0 Å². The van der Waals surface area contributed by atoms with E-state index in [0.29, 0.717) is 6.07 Å². The van der Waals surface area contributed by atoms with Crippen molar-refractivity contribution in [3.63, 3.8) is 0 Å². The molecule has 0 amide bonds. The molecule has 0 saturated heterocycles. The first-order chi connectivity index (χ1) is 9.25. The highest BCUT2D eigenvalue weighted by Crippen LogP contribution is 2.44. The second kappa shape index (κ2) is 6.41. The Hall–Kier alpha value is -1.36. The molecule has 0 radical (unpaired) electrons. The third-order valence-electron chi connectivity index (χ3n) is 2.30. The monoisotopic (exact) mass is 363 g/mol. The summed E-state index contributed by atoms with van der Waals surface area (Å²) in [5, 5.41) is 0. The van der Waals surface area contributed by atoms with Gasteiger partial charge in [0.05, 0.1) is 0 Å². The van der Waals surface area contributed by atoms with Gasteiger partial charge < -0.3 is 10.5 Å². The first kappa shape index (κ1) is 20.6. The van der Waals surface area contributed by atoms with Crippen LogP contribution in [0.15, 0.2) is 18.2 Å². The average Bonchev–Trinajstić information content (AvgIpc) is 2.27. The Morgan fingerprint density at radius 2 is 1.45 bits per heavy atom. The number of nitrogens with two attached hydrogens (primary N) is 1. The topological polar surface area (TPSA) is 35.2 Å². The van der Waals surface area contributed by atoms with Gasteiger partial charge in [0.1, 0.15) is 17.6 Å². The van der Waals surface area contributed by atoms with Crippen molar-refractivity contribution in [2.45, 2.75) is 24.5 Å². The molecule has 0 aliphatic carbocycles. The van der Waals surface area contributed by atoms with E-state index in [-0.39, 0.29) is 24.5 Å². The minimum atomic E-state index is -6.10. The van der Waals surface area contributed by atoms with Crippen molar-refractivity contribution in [2.75, 3.05) is 0 Å². The van der Waals surface area contributed by atoms with Crippen LogP contribution in [-0.2, 0) is 0 Å². The Balaban J connectivity index is 0.00000441. The Morgan fingerprint density at radius 1 is 0.955 bits per heavy atom. The third-order valence-corrected chi connectivity index (χ3v) is 2.30. The molecular formula is C10H7ClF9NO. The largest absolute Gasteiger partial charge is 0.573 e. The van der Waals surface area contributed by atoms with Crippen LogP contribution >= 0.6 is 12.4 Å². The average molecular weight is 364 g/mol. The maximum atomic E-state index is 13.3. The predicted molar refractivity (Wildman–Crippen MR) is 58.3 cm³/mol. The van der Waals surface area contributed by atoms with Crippen molar-refractivity contribution in [3.8, 4) is 5.75 Å². The highest BCUT2D eigenvalue weighted by atomic mass is 35.5. The van der Waals surface area contributed by atoms with Gasteiger partial charge in [-0.05, 0) is 18.2 Å². The highest BCUT2D eigenvalue weighted by Gasteiger charge is 2.62. The van der Waals surface area contributed by atoms with E-state index in [4.69, 9.17) is 0 Å². The fraction of sp³-hybridized carbons (Fsp3) is 0.400. The molecule has 1 atom stereocenters. The highest BCUT2D eigenvalue weighted by molar-refractivity contribution is 5.85. The number of benzene rings is 1. The molecule has 128 valence electrons. The van der Waals surface area contributed by atoms with Gasteiger partial charge in [0.15, 0.2) is 0 Å². The maximum Gasteiger partial charge on any atom is 0.573 e. The molecule has 0 aliphatic rings.